The highest BCUT2D eigenvalue weighted by Gasteiger charge is 2.20. The molecule has 0 bridgehead atoms. The van der Waals surface area contributed by atoms with Crippen LogP contribution in [0, 0.1) is 11.6 Å². The number of aromatic amines is 1. The van der Waals surface area contributed by atoms with Gasteiger partial charge in [0.1, 0.15) is 17.2 Å². The van der Waals surface area contributed by atoms with Crippen LogP contribution in [-0.2, 0) is 6.42 Å². The molecule has 3 N–H and O–H groups in total. The Morgan fingerprint density at radius 2 is 1.92 bits per heavy atom. The Bertz CT molecular complexity index is 897. The fourth-order valence-corrected chi connectivity index (χ4v) is 2.26. The van der Waals surface area contributed by atoms with Gasteiger partial charge in [-0.3, -0.25) is 9.89 Å². The van der Waals surface area contributed by atoms with Gasteiger partial charge in [0.05, 0.1) is 0 Å². The number of hydrogen-bond acceptors (Lipinski definition) is 4. The molecule has 6 nitrogen and oxygen atoms in total. The molecule has 0 saturated heterocycles. The third-order valence-corrected chi connectivity index (χ3v) is 3.51. The third kappa shape index (κ3) is 3.63. The second-order valence-corrected chi connectivity index (χ2v) is 5.23. The van der Waals surface area contributed by atoms with Crippen molar-refractivity contribution < 1.29 is 18.7 Å². The van der Waals surface area contributed by atoms with Crippen molar-refractivity contribution in [2.24, 2.45) is 0 Å². The lowest BCUT2D eigenvalue weighted by molar-refractivity contribution is 0.0944. The first-order valence-electron chi connectivity index (χ1n) is 7.48. The number of nitrogens with zero attached hydrogens (tertiary/aromatic N) is 2. The van der Waals surface area contributed by atoms with Gasteiger partial charge in [-0.05, 0) is 12.1 Å². The van der Waals surface area contributed by atoms with E-state index in [-0.39, 0.29) is 6.54 Å². The SMILES string of the molecule is O=C(NCCc1nc(-c2ccccc2)n[nH]1)c1c(F)ccc(O)c1F. The van der Waals surface area contributed by atoms with E-state index in [0.717, 1.165) is 17.7 Å². The van der Waals surface area contributed by atoms with Crippen molar-refractivity contribution in [3.05, 3.63) is 65.5 Å². The van der Waals surface area contributed by atoms with Gasteiger partial charge in [-0.2, -0.15) is 5.10 Å². The van der Waals surface area contributed by atoms with Gasteiger partial charge in [0, 0.05) is 18.5 Å². The van der Waals surface area contributed by atoms with Gasteiger partial charge in [-0.25, -0.2) is 13.8 Å². The minimum Gasteiger partial charge on any atom is -0.505 e. The van der Waals surface area contributed by atoms with Gasteiger partial charge in [0.25, 0.3) is 5.91 Å². The average molecular weight is 344 g/mol. The van der Waals surface area contributed by atoms with E-state index in [9.17, 15) is 18.7 Å². The topological polar surface area (TPSA) is 90.9 Å². The highest BCUT2D eigenvalue weighted by Crippen LogP contribution is 2.21. The molecule has 8 heteroatoms. The number of phenolic OH excluding ortho intramolecular Hbond substituents is 1. The lowest BCUT2D eigenvalue weighted by Gasteiger charge is -2.07. The number of aromatic nitrogens is 3. The van der Waals surface area contributed by atoms with Crippen LogP contribution in [0.2, 0.25) is 0 Å². The first-order valence-corrected chi connectivity index (χ1v) is 7.48. The zero-order chi connectivity index (χ0) is 17.8. The summed E-state index contributed by atoms with van der Waals surface area (Å²) in [5.74, 6) is -3.02. The zero-order valence-corrected chi connectivity index (χ0v) is 13.0. The molecule has 1 amide bonds. The maximum absolute atomic E-state index is 13.7. The Morgan fingerprint density at radius 1 is 1.16 bits per heavy atom. The number of benzene rings is 2. The standard InChI is InChI=1S/C17H14F2N4O2/c18-11-6-7-12(24)15(19)14(11)17(25)20-9-8-13-21-16(23-22-13)10-4-2-1-3-5-10/h1-7,24H,8-9H2,(H,20,25)(H,21,22,23). The van der Waals surface area contributed by atoms with E-state index in [1.165, 1.54) is 0 Å². The predicted molar refractivity (Wildman–Crippen MR) is 85.9 cm³/mol. The molecular formula is C17H14F2N4O2. The monoisotopic (exact) mass is 344 g/mol. The zero-order valence-electron chi connectivity index (χ0n) is 13.0. The van der Waals surface area contributed by atoms with Gasteiger partial charge >= 0.3 is 0 Å². The maximum atomic E-state index is 13.7. The molecule has 0 saturated carbocycles. The molecule has 0 spiro atoms. The van der Waals surface area contributed by atoms with Crippen LogP contribution in [0.25, 0.3) is 11.4 Å². The summed E-state index contributed by atoms with van der Waals surface area (Å²) in [7, 11) is 0. The fourth-order valence-electron chi connectivity index (χ4n) is 2.26. The lowest BCUT2D eigenvalue weighted by Crippen LogP contribution is -2.27. The molecule has 2 aromatic carbocycles. The van der Waals surface area contributed by atoms with Crippen molar-refractivity contribution in [2.45, 2.75) is 6.42 Å². The van der Waals surface area contributed by atoms with Crippen LogP contribution in [0.15, 0.2) is 42.5 Å². The average Bonchev–Trinajstić information content (AvgIpc) is 3.08. The molecule has 0 unspecified atom stereocenters. The van der Waals surface area contributed by atoms with Crippen LogP contribution < -0.4 is 5.32 Å². The summed E-state index contributed by atoms with van der Waals surface area (Å²) >= 11 is 0. The minimum atomic E-state index is -1.29. The van der Waals surface area contributed by atoms with E-state index in [2.05, 4.69) is 20.5 Å². The van der Waals surface area contributed by atoms with Gasteiger partial charge in [-0.1, -0.05) is 30.3 Å². The molecule has 3 rings (SSSR count). The third-order valence-electron chi connectivity index (χ3n) is 3.51. The minimum absolute atomic E-state index is 0.0940. The summed E-state index contributed by atoms with van der Waals surface area (Å²) < 4.78 is 27.3. The van der Waals surface area contributed by atoms with Crippen LogP contribution in [0.1, 0.15) is 16.2 Å². The molecule has 0 fully saturated rings. The number of rotatable bonds is 5. The smallest absolute Gasteiger partial charge is 0.257 e. The normalized spacial score (nSPS) is 10.6. The summed E-state index contributed by atoms with van der Waals surface area (Å²) in [6, 6.07) is 11.0. The molecule has 3 aromatic rings. The van der Waals surface area contributed by atoms with Crippen molar-refractivity contribution in [2.75, 3.05) is 6.54 Å². The predicted octanol–water partition coefficient (Wildman–Crippen LogP) is 2.43. The van der Waals surface area contributed by atoms with E-state index in [1.807, 2.05) is 30.3 Å². The molecule has 1 heterocycles. The Balaban J connectivity index is 1.61. The van der Waals surface area contributed by atoms with Gasteiger partial charge < -0.3 is 10.4 Å². The van der Waals surface area contributed by atoms with Crippen LogP contribution >= 0.6 is 0 Å². The van der Waals surface area contributed by atoms with E-state index >= 15 is 0 Å². The summed E-state index contributed by atoms with van der Waals surface area (Å²) in [5.41, 5.74) is 0.0282. The van der Waals surface area contributed by atoms with Gasteiger partial charge in [-0.15, -0.1) is 0 Å². The summed E-state index contributed by atoms with van der Waals surface area (Å²) in [5, 5.41) is 18.5. The van der Waals surface area contributed by atoms with E-state index < -0.39 is 28.9 Å². The van der Waals surface area contributed by atoms with Crippen molar-refractivity contribution in [3.63, 3.8) is 0 Å². The number of aromatic hydroxyl groups is 1. The molecule has 0 radical (unpaired) electrons. The highest BCUT2D eigenvalue weighted by molar-refractivity contribution is 5.95. The largest absolute Gasteiger partial charge is 0.505 e. The highest BCUT2D eigenvalue weighted by atomic mass is 19.1. The summed E-state index contributed by atoms with van der Waals surface area (Å²) in [6.07, 6.45) is 0.299. The van der Waals surface area contributed by atoms with E-state index in [0.29, 0.717) is 18.1 Å². The lowest BCUT2D eigenvalue weighted by atomic mass is 10.1. The number of H-pyrrole nitrogens is 1. The first kappa shape index (κ1) is 16.6. The molecule has 0 aliphatic rings. The first-order chi connectivity index (χ1) is 12.1. The molecule has 0 atom stereocenters. The molecule has 25 heavy (non-hydrogen) atoms. The van der Waals surface area contributed by atoms with E-state index in [1.54, 1.807) is 0 Å². The number of phenols is 1. The summed E-state index contributed by atoms with van der Waals surface area (Å²) in [4.78, 5) is 16.2. The van der Waals surface area contributed by atoms with Crippen molar-refractivity contribution in [1.29, 1.82) is 0 Å². The fraction of sp³-hybridized carbons (Fsp3) is 0.118. The van der Waals surface area contributed by atoms with Gasteiger partial charge in [0.2, 0.25) is 0 Å². The van der Waals surface area contributed by atoms with Crippen molar-refractivity contribution in [3.8, 4) is 17.1 Å². The van der Waals surface area contributed by atoms with Gasteiger partial charge in [0.15, 0.2) is 17.4 Å². The number of amides is 1. The number of halogens is 2. The molecule has 128 valence electrons. The Labute approximate surface area is 141 Å². The van der Waals surface area contributed by atoms with Crippen LogP contribution in [0.4, 0.5) is 8.78 Å². The number of hydrogen-bond donors (Lipinski definition) is 3. The molecule has 0 aliphatic carbocycles. The van der Waals surface area contributed by atoms with Crippen molar-refractivity contribution in [1.82, 2.24) is 20.5 Å². The maximum Gasteiger partial charge on any atom is 0.257 e. The van der Waals surface area contributed by atoms with Crippen molar-refractivity contribution >= 4 is 5.91 Å². The molecule has 1 aromatic heterocycles. The Morgan fingerprint density at radius 3 is 2.68 bits per heavy atom. The Kier molecular flexibility index (Phi) is 4.69. The number of nitrogens with one attached hydrogen (secondary N) is 2. The van der Waals surface area contributed by atoms with E-state index in [4.69, 9.17) is 0 Å². The second-order valence-electron chi connectivity index (χ2n) is 5.23. The van der Waals surface area contributed by atoms with Crippen LogP contribution in [0.5, 0.6) is 5.75 Å². The molecular weight excluding hydrogens is 330 g/mol. The molecule has 0 aliphatic heterocycles. The number of carbonyl (C=O) groups is 1. The van der Waals surface area contributed by atoms with Crippen LogP contribution in [0.3, 0.4) is 0 Å². The quantitative estimate of drug-likeness (QED) is 0.663. The number of carbonyl (C=O) groups excluding carboxylic acids is 1. The Hall–Kier alpha value is -3.29. The van der Waals surface area contributed by atoms with Crippen LogP contribution in [-0.4, -0.2) is 32.7 Å². The second kappa shape index (κ2) is 7.08. The summed E-state index contributed by atoms with van der Waals surface area (Å²) in [6.45, 7) is 0.0940.